The highest BCUT2D eigenvalue weighted by molar-refractivity contribution is 5.71. The van der Waals surface area contributed by atoms with Crippen molar-refractivity contribution in [3.63, 3.8) is 0 Å². The first kappa shape index (κ1) is 25.8. The molecule has 2 nitrogen and oxygen atoms in total. The minimum atomic E-state index is -0.252. The molecule has 3 atom stereocenters. The Bertz CT molecular complexity index is 746. The van der Waals surface area contributed by atoms with Crippen LogP contribution in [0.15, 0.2) is 6.08 Å². The van der Waals surface area contributed by atoms with Gasteiger partial charge in [-0.05, 0) is 75.5 Å². The second-order valence-electron chi connectivity index (χ2n) is 11.1. The normalized spacial score (nSPS) is 19.9. The Hall–Kier alpha value is -1.44. The Morgan fingerprint density at radius 1 is 0.806 bits per heavy atom. The Kier molecular flexibility index (Phi) is 9.52. The van der Waals surface area contributed by atoms with Gasteiger partial charge in [0.05, 0.1) is 0 Å². The van der Waals surface area contributed by atoms with Crippen molar-refractivity contribution in [3.8, 4) is 11.5 Å². The molecule has 2 heteroatoms. The van der Waals surface area contributed by atoms with Gasteiger partial charge in [0.15, 0.2) is 0 Å². The minimum absolute atomic E-state index is 0.252. The molecule has 0 aromatic heterocycles. The zero-order chi connectivity index (χ0) is 23.2. The number of benzene rings is 1. The molecule has 1 N–H and O–H groups in total. The molecule has 0 saturated heterocycles. The zero-order valence-corrected chi connectivity index (χ0v) is 21.6. The number of fused-ring (bicyclic) bond motifs is 1. The quantitative estimate of drug-likeness (QED) is 0.360. The van der Waals surface area contributed by atoms with Crippen molar-refractivity contribution >= 4 is 6.08 Å². The van der Waals surface area contributed by atoms with Gasteiger partial charge in [0, 0.05) is 11.1 Å². The zero-order valence-electron chi connectivity index (χ0n) is 21.6. The smallest absolute Gasteiger partial charge is 0.131 e. The standard InChI is InChI=1S/C29H48O2/c1-20(2)12-9-13-21(3)14-10-15-22(4)16-11-18-29(8)19-17-26-25(7)27(30)23(5)24(6)28(26)31-29/h17,19-22,30H,9-16,18H2,1-8H3/t21-,22?,29-/m0/s1. The van der Waals surface area contributed by atoms with Crippen molar-refractivity contribution in [2.75, 3.05) is 0 Å². The topological polar surface area (TPSA) is 29.5 Å². The summed E-state index contributed by atoms with van der Waals surface area (Å²) in [5.41, 5.74) is 3.70. The first-order valence-electron chi connectivity index (χ1n) is 12.7. The number of phenols is 1. The van der Waals surface area contributed by atoms with E-state index in [0.29, 0.717) is 5.75 Å². The molecule has 0 saturated carbocycles. The highest BCUT2D eigenvalue weighted by atomic mass is 16.5. The molecule has 0 radical (unpaired) electrons. The average Bonchev–Trinajstić information content (AvgIpc) is 2.70. The van der Waals surface area contributed by atoms with E-state index in [9.17, 15) is 5.11 Å². The van der Waals surface area contributed by atoms with E-state index in [0.717, 1.165) is 52.2 Å². The van der Waals surface area contributed by atoms with Crippen LogP contribution in [0.3, 0.4) is 0 Å². The highest BCUT2D eigenvalue weighted by Gasteiger charge is 2.30. The molecular weight excluding hydrogens is 380 g/mol. The second-order valence-corrected chi connectivity index (χ2v) is 11.1. The largest absolute Gasteiger partial charge is 0.507 e. The van der Waals surface area contributed by atoms with Crippen LogP contribution in [0.2, 0.25) is 0 Å². The maximum absolute atomic E-state index is 10.4. The Labute approximate surface area is 192 Å². The molecule has 0 spiro atoms. The van der Waals surface area contributed by atoms with Crippen LogP contribution in [0.25, 0.3) is 6.08 Å². The molecule has 1 unspecified atom stereocenters. The van der Waals surface area contributed by atoms with Crippen molar-refractivity contribution < 1.29 is 9.84 Å². The van der Waals surface area contributed by atoms with Gasteiger partial charge in [-0.1, -0.05) is 78.7 Å². The van der Waals surface area contributed by atoms with E-state index in [1.807, 2.05) is 13.8 Å². The van der Waals surface area contributed by atoms with Gasteiger partial charge in [0.2, 0.25) is 0 Å². The summed E-state index contributed by atoms with van der Waals surface area (Å²) in [4.78, 5) is 0. The van der Waals surface area contributed by atoms with Crippen molar-refractivity contribution in [2.24, 2.45) is 17.8 Å². The number of ether oxygens (including phenoxy) is 1. The van der Waals surface area contributed by atoms with Crippen LogP contribution in [0, 0.1) is 38.5 Å². The lowest BCUT2D eigenvalue weighted by Gasteiger charge is -2.34. The Morgan fingerprint density at radius 3 is 1.94 bits per heavy atom. The summed E-state index contributed by atoms with van der Waals surface area (Å²) in [5.74, 6) is 3.86. The lowest BCUT2D eigenvalue weighted by Crippen LogP contribution is -2.32. The van der Waals surface area contributed by atoms with Crippen LogP contribution < -0.4 is 4.74 Å². The minimum Gasteiger partial charge on any atom is -0.507 e. The van der Waals surface area contributed by atoms with Gasteiger partial charge >= 0.3 is 0 Å². The number of phenolic OH excluding ortho intramolecular Hbond substituents is 1. The summed E-state index contributed by atoms with van der Waals surface area (Å²) < 4.78 is 6.52. The fourth-order valence-corrected chi connectivity index (χ4v) is 4.90. The van der Waals surface area contributed by atoms with Gasteiger partial charge in [0.25, 0.3) is 0 Å². The summed E-state index contributed by atoms with van der Waals surface area (Å²) in [6.07, 6.45) is 16.1. The molecule has 1 aromatic carbocycles. The maximum Gasteiger partial charge on any atom is 0.131 e. The van der Waals surface area contributed by atoms with Crippen molar-refractivity contribution in [3.05, 3.63) is 28.3 Å². The molecule has 1 aliphatic heterocycles. The third kappa shape index (κ3) is 7.29. The molecule has 1 aromatic rings. The monoisotopic (exact) mass is 428 g/mol. The van der Waals surface area contributed by atoms with Crippen LogP contribution in [0.1, 0.15) is 115 Å². The lowest BCUT2D eigenvalue weighted by molar-refractivity contribution is 0.121. The number of hydrogen-bond donors (Lipinski definition) is 1. The maximum atomic E-state index is 10.4. The molecule has 31 heavy (non-hydrogen) atoms. The van der Waals surface area contributed by atoms with E-state index in [-0.39, 0.29) is 5.60 Å². The molecule has 2 rings (SSSR count). The van der Waals surface area contributed by atoms with Crippen LogP contribution >= 0.6 is 0 Å². The van der Waals surface area contributed by atoms with Gasteiger partial charge in [-0.2, -0.15) is 0 Å². The van der Waals surface area contributed by atoms with Crippen LogP contribution in [-0.2, 0) is 0 Å². The molecule has 0 fully saturated rings. The van der Waals surface area contributed by atoms with Crippen molar-refractivity contribution in [1.82, 2.24) is 0 Å². The summed E-state index contributed by atoms with van der Waals surface area (Å²) in [6.45, 7) is 17.7. The molecule has 0 aliphatic carbocycles. The Balaban J connectivity index is 1.76. The van der Waals surface area contributed by atoms with Gasteiger partial charge in [-0.15, -0.1) is 0 Å². The van der Waals surface area contributed by atoms with E-state index in [1.165, 1.54) is 51.4 Å². The molecular formula is C29H48O2. The van der Waals surface area contributed by atoms with E-state index >= 15 is 0 Å². The van der Waals surface area contributed by atoms with E-state index in [2.05, 4.69) is 53.7 Å². The van der Waals surface area contributed by atoms with E-state index < -0.39 is 0 Å². The van der Waals surface area contributed by atoms with Crippen LogP contribution in [0.4, 0.5) is 0 Å². The highest BCUT2D eigenvalue weighted by Crippen LogP contribution is 2.43. The molecule has 1 heterocycles. The van der Waals surface area contributed by atoms with Crippen LogP contribution in [0.5, 0.6) is 11.5 Å². The first-order valence-corrected chi connectivity index (χ1v) is 12.7. The summed E-state index contributed by atoms with van der Waals surface area (Å²) in [7, 11) is 0. The van der Waals surface area contributed by atoms with Gasteiger partial charge in [-0.25, -0.2) is 0 Å². The fourth-order valence-electron chi connectivity index (χ4n) is 4.90. The predicted molar refractivity (Wildman–Crippen MR) is 135 cm³/mol. The molecule has 0 amide bonds. The Morgan fingerprint density at radius 2 is 1.35 bits per heavy atom. The lowest BCUT2D eigenvalue weighted by atomic mass is 9.88. The van der Waals surface area contributed by atoms with Crippen LogP contribution in [-0.4, -0.2) is 10.7 Å². The SMILES string of the molecule is Cc1c(C)c2c(c(C)c1O)C=C[C@](C)(CCCC(C)CCC[C@@H](C)CCCC(C)C)O2. The van der Waals surface area contributed by atoms with Crippen molar-refractivity contribution in [1.29, 1.82) is 0 Å². The third-order valence-corrected chi connectivity index (χ3v) is 7.44. The number of aromatic hydroxyl groups is 1. The second kappa shape index (κ2) is 11.4. The predicted octanol–water partition coefficient (Wildman–Crippen LogP) is 8.92. The first-order chi connectivity index (χ1) is 14.5. The summed E-state index contributed by atoms with van der Waals surface area (Å²) in [5, 5.41) is 10.4. The van der Waals surface area contributed by atoms with Crippen molar-refractivity contribution in [2.45, 2.75) is 119 Å². The fraction of sp³-hybridized carbons (Fsp3) is 0.724. The van der Waals surface area contributed by atoms with Gasteiger partial charge in [0.1, 0.15) is 17.1 Å². The summed E-state index contributed by atoms with van der Waals surface area (Å²) >= 11 is 0. The average molecular weight is 429 g/mol. The third-order valence-electron chi connectivity index (χ3n) is 7.44. The van der Waals surface area contributed by atoms with E-state index in [1.54, 1.807) is 0 Å². The number of rotatable bonds is 12. The molecule has 1 aliphatic rings. The van der Waals surface area contributed by atoms with E-state index in [4.69, 9.17) is 4.74 Å². The van der Waals surface area contributed by atoms with Gasteiger partial charge in [-0.3, -0.25) is 0 Å². The number of hydrogen-bond acceptors (Lipinski definition) is 2. The molecule has 176 valence electrons. The summed E-state index contributed by atoms with van der Waals surface area (Å²) in [6, 6.07) is 0. The molecule has 0 bridgehead atoms. The van der Waals surface area contributed by atoms with Gasteiger partial charge < -0.3 is 9.84 Å².